The van der Waals surface area contributed by atoms with Gasteiger partial charge in [-0.3, -0.25) is 14.9 Å². The van der Waals surface area contributed by atoms with Gasteiger partial charge in [0.2, 0.25) is 0 Å². The Bertz CT molecular complexity index is 1370. The first-order valence-corrected chi connectivity index (χ1v) is 10.6. The molecule has 2 heterocycles. The highest BCUT2D eigenvalue weighted by Crippen LogP contribution is 2.30. The summed E-state index contributed by atoms with van der Waals surface area (Å²) in [7, 11) is 1.49. The van der Waals surface area contributed by atoms with Crippen LogP contribution in [0.4, 0.5) is 11.5 Å². The topological polar surface area (TPSA) is 135 Å². The molecule has 1 N–H and O–H groups in total. The molecule has 0 saturated heterocycles. The number of anilines is 1. The largest absolute Gasteiger partial charge is 0.493 e. The molecule has 0 bridgehead atoms. The van der Waals surface area contributed by atoms with E-state index in [2.05, 4.69) is 15.6 Å². The summed E-state index contributed by atoms with van der Waals surface area (Å²) in [5.41, 5.74) is 3.15. The van der Waals surface area contributed by atoms with E-state index in [4.69, 9.17) is 14.0 Å². The Morgan fingerprint density at radius 2 is 1.86 bits per heavy atom. The van der Waals surface area contributed by atoms with Gasteiger partial charge < -0.3 is 19.3 Å². The van der Waals surface area contributed by atoms with Crippen molar-refractivity contribution in [3.05, 3.63) is 86.9 Å². The first-order valence-electron chi connectivity index (χ1n) is 10.6. The van der Waals surface area contributed by atoms with Crippen molar-refractivity contribution in [2.24, 2.45) is 0 Å². The first-order chi connectivity index (χ1) is 16.8. The molecule has 11 nitrogen and oxygen atoms in total. The van der Waals surface area contributed by atoms with Gasteiger partial charge in [0.25, 0.3) is 11.6 Å². The molecular formula is C24H23N5O6. The number of aryl methyl sites for hydroxylation is 3. The molecule has 0 aliphatic heterocycles. The highest BCUT2D eigenvalue weighted by Gasteiger charge is 2.17. The molecule has 1 amide bonds. The number of ether oxygens (including phenoxy) is 2. The average molecular weight is 477 g/mol. The van der Waals surface area contributed by atoms with Crippen LogP contribution >= 0.6 is 0 Å². The zero-order valence-electron chi connectivity index (χ0n) is 19.6. The fourth-order valence-electron chi connectivity index (χ4n) is 3.48. The highest BCUT2D eigenvalue weighted by atomic mass is 16.6. The maximum absolute atomic E-state index is 13.0. The van der Waals surface area contributed by atoms with Gasteiger partial charge in [0.05, 0.1) is 34.7 Å². The minimum absolute atomic E-state index is 0.0352. The second-order valence-electron chi connectivity index (χ2n) is 7.77. The minimum atomic E-state index is -0.476. The molecule has 4 aromatic rings. The van der Waals surface area contributed by atoms with Gasteiger partial charge in [-0.15, -0.1) is 0 Å². The number of benzene rings is 2. The summed E-state index contributed by atoms with van der Waals surface area (Å²) in [6, 6.07) is 12.5. The molecule has 4 rings (SSSR count). The van der Waals surface area contributed by atoms with E-state index >= 15 is 0 Å². The van der Waals surface area contributed by atoms with E-state index < -0.39 is 4.92 Å². The van der Waals surface area contributed by atoms with Crippen LogP contribution < -0.4 is 14.8 Å². The molecule has 0 spiro atoms. The zero-order chi connectivity index (χ0) is 25.1. The smallest absolute Gasteiger partial charge is 0.269 e. The first kappa shape index (κ1) is 23.5. The van der Waals surface area contributed by atoms with Gasteiger partial charge in [-0.25, -0.2) is 4.68 Å². The van der Waals surface area contributed by atoms with Gasteiger partial charge in [0.15, 0.2) is 11.5 Å². The van der Waals surface area contributed by atoms with Crippen LogP contribution in [0.25, 0.3) is 5.69 Å². The van der Waals surface area contributed by atoms with Crippen molar-refractivity contribution in [3.8, 4) is 17.2 Å². The highest BCUT2D eigenvalue weighted by molar-refractivity contribution is 6.04. The van der Waals surface area contributed by atoms with E-state index in [1.165, 1.54) is 23.9 Å². The molecule has 2 aromatic carbocycles. The fourth-order valence-corrected chi connectivity index (χ4v) is 3.48. The quantitative estimate of drug-likeness (QED) is 0.289. The lowest BCUT2D eigenvalue weighted by Crippen LogP contribution is -2.15. The van der Waals surface area contributed by atoms with Gasteiger partial charge in [-0.1, -0.05) is 5.16 Å². The van der Waals surface area contributed by atoms with E-state index in [1.807, 2.05) is 13.8 Å². The van der Waals surface area contributed by atoms with Gasteiger partial charge >= 0.3 is 0 Å². The van der Waals surface area contributed by atoms with Crippen LogP contribution in [0.3, 0.4) is 0 Å². The van der Waals surface area contributed by atoms with Crippen molar-refractivity contribution in [3.63, 3.8) is 0 Å². The molecule has 0 fully saturated rings. The van der Waals surface area contributed by atoms with Gasteiger partial charge in [0.1, 0.15) is 18.2 Å². The second kappa shape index (κ2) is 9.67. The summed E-state index contributed by atoms with van der Waals surface area (Å²) in [6.07, 6.45) is 0. The van der Waals surface area contributed by atoms with Crippen molar-refractivity contribution in [2.75, 3.05) is 12.4 Å². The van der Waals surface area contributed by atoms with Crippen LogP contribution in [0.5, 0.6) is 11.5 Å². The molecule has 0 unspecified atom stereocenters. The summed E-state index contributed by atoms with van der Waals surface area (Å²) >= 11 is 0. The summed E-state index contributed by atoms with van der Waals surface area (Å²) in [5, 5.41) is 22.1. The number of hydrogen-bond acceptors (Lipinski definition) is 8. The molecular weight excluding hydrogens is 454 g/mol. The summed E-state index contributed by atoms with van der Waals surface area (Å²) in [6.45, 7) is 5.68. The molecule has 0 aliphatic rings. The Hall–Kier alpha value is -4.67. The number of aromatic nitrogens is 3. The Morgan fingerprint density at radius 1 is 1.11 bits per heavy atom. The van der Waals surface area contributed by atoms with E-state index in [0.29, 0.717) is 40.0 Å². The van der Waals surface area contributed by atoms with Crippen molar-refractivity contribution in [1.82, 2.24) is 14.9 Å². The molecule has 0 aliphatic carbocycles. The predicted molar refractivity (Wildman–Crippen MR) is 126 cm³/mol. The number of nitrogens with one attached hydrogen (secondary N) is 1. The molecule has 35 heavy (non-hydrogen) atoms. The Kier molecular flexibility index (Phi) is 6.49. The maximum atomic E-state index is 13.0. The predicted octanol–water partition coefficient (Wildman–Crippen LogP) is 4.53. The van der Waals surface area contributed by atoms with Crippen LogP contribution in [-0.2, 0) is 6.61 Å². The standard InChI is InChI=1S/C24H23N5O6/c1-14-11-23(28(26-14)18-6-8-19(9-7-18)29(31)32)25-24(30)17-5-10-21(22(12-17)33-4)34-13-20-15(2)27-35-16(20)3/h5-12H,13H2,1-4H3,(H,25,30). The number of carbonyl (C=O) groups excluding carboxylic acids is 1. The Morgan fingerprint density at radius 3 is 2.49 bits per heavy atom. The van der Waals surface area contributed by atoms with Gasteiger partial charge in [-0.05, 0) is 51.1 Å². The zero-order valence-corrected chi connectivity index (χ0v) is 19.6. The number of carbonyl (C=O) groups is 1. The molecule has 11 heteroatoms. The van der Waals surface area contributed by atoms with Crippen LogP contribution in [0.1, 0.15) is 33.1 Å². The lowest BCUT2D eigenvalue weighted by Gasteiger charge is -2.13. The normalized spacial score (nSPS) is 10.7. The van der Waals surface area contributed by atoms with Crippen molar-refractivity contribution in [2.45, 2.75) is 27.4 Å². The lowest BCUT2D eigenvalue weighted by atomic mass is 10.2. The molecule has 0 atom stereocenters. The van der Waals surface area contributed by atoms with Crippen LogP contribution in [0, 0.1) is 30.9 Å². The number of rotatable bonds is 8. The van der Waals surface area contributed by atoms with E-state index in [0.717, 1.165) is 11.3 Å². The number of nitrogens with zero attached hydrogens (tertiary/aromatic N) is 4. The fraction of sp³-hybridized carbons (Fsp3) is 0.208. The van der Waals surface area contributed by atoms with Crippen LogP contribution in [-0.4, -0.2) is 32.9 Å². The summed E-state index contributed by atoms with van der Waals surface area (Å²) < 4.78 is 18.0. The molecule has 0 saturated carbocycles. The number of amides is 1. The third-order valence-electron chi connectivity index (χ3n) is 5.36. The molecule has 0 radical (unpaired) electrons. The summed E-state index contributed by atoms with van der Waals surface area (Å²) in [4.78, 5) is 23.5. The second-order valence-corrected chi connectivity index (χ2v) is 7.77. The van der Waals surface area contributed by atoms with E-state index in [1.54, 1.807) is 43.3 Å². The molecule has 180 valence electrons. The SMILES string of the molecule is COc1cc(C(=O)Nc2cc(C)nn2-c2ccc([N+](=O)[O-])cc2)ccc1OCc1c(C)noc1C. The average Bonchev–Trinajstić information content (AvgIpc) is 3.37. The monoisotopic (exact) mass is 477 g/mol. The summed E-state index contributed by atoms with van der Waals surface area (Å²) in [5.74, 6) is 1.57. The number of methoxy groups -OCH3 is 1. The minimum Gasteiger partial charge on any atom is -0.493 e. The third-order valence-corrected chi connectivity index (χ3v) is 5.36. The van der Waals surface area contributed by atoms with Crippen LogP contribution in [0.15, 0.2) is 53.1 Å². The van der Waals surface area contributed by atoms with Crippen molar-refractivity contribution in [1.29, 1.82) is 0 Å². The number of nitro benzene ring substituents is 1. The lowest BCUT2D eigenvalue weighted by molar-refractivity contribution is -0.384. The van der Waals surface area contributed by atoms with Crippen molar-refractivity contribution >= 4 is 17.4 Å². The van der Waals surface area contributed by atoms with E-state index in [-0.39, 0.29) is 18.2 Å². The van der Waals surface area contributed by atoms with Gasteiger partial charge in [0, 0.05) is 23.8 Å². The number of non-ortho nitro benzene ring substituents is 1. The Labute approximate surface area is 200 Å². The van der Waals surface area contributed by atoms with Crippen LogP contribution in [0.2, 0.25) is 0 Å². The molecule has 2 aromatic heterocycles. The van der Waals surface area contributed by atoms with Crippen molar-refractivity contribution < 1.29 is 23.7 Å². The van der Waals surface area contributed by atoms with Gasteiger partial charge in [-0.2, -0.15) is 5.10 Å². The number of hydrogen-bond donors (Lipinski definition) is 1. The maximum Gasteiger partial charge on any atom is 0.269 e. The Balaban J connectivity index is 1.53. The third kappa shape index (κ3) is 4.98. The number of nitro groups is 1. The van der Waals surface area contributed by atoms with E-state index in [9.17, 15) is 14.9 Å².